The maximum atomic E-state index is 13.0. The van der Waals surface area contributed by atoms with Gasteiger partial charge in [0, 0.05) is 22.6 Å². The molecule has 0 radical (unpaired) electrons. The van der Waals surface area contributed by atoms with Gasteiger partial charge in [0.2, 0.25) is 0 Å². The van der Waals surface area contributed by atoms with E-state index in [2.05, 4.69) is 29.8 Å². The molecule has 1 atom stereocenters. The zero-order valence-electron chi connectivity index (χ0n) is 15.9. The first-order valence-electron chi connectivity index (χ1n) is 9.33. The van der Waals surface area contributed by atoms with E-state index in [4.69, 9.17) is 4.74 Å². The molecule has 1 unspecified atom stereocenters. The van der Waals surface area contributed by atoms with Crippen LogP contribution in [0.4, 0.5) is 16.2 Å². The van der Waals surface area contributed by atoms with Crippen molar-refractivity contribution in [1.82, 2.24) is 0 Å². The molecule has 0 spiro atoms. The minimum Gasteiger partial charge on any atom is -0.444 e. The number of nitrogens with zero attached hydrogens (tertiary/aromatic N) is 2. The van der Waals surface area contributed by atoms with Crippen LogP contribution in [-0.2, 0) is 17.8 Å². The molecule has 0 aliphatic carbocycles. The van der Waals surface area contributed by atoms with E-state index in [1.165, 1.54) is 6.07 Å². The molecule has 1 aliphatic heterocycles. The fraction of sp³-hybridized carbons (Fsp3) is 0.381. The Bertz CT molecular complexity index is 870. The number of benzene rings is 2. The van der Waals surface area contributed by atoms with Gasteiger partial charge in [-0.15, -0.1) is 0 Å². The predicted molar refractivity (Wildman–Crippen MR) is 111 cm³/mol. The quantitative estimate of drug-likeness (QED) is 0.425. The summed E-state index contributed by atoms with van der Waals surface area (Å²) in [6.45, 7) is 4.42. The largest absolute Gasteiger partial charge is 0.444 e. The molecule has 1 amide bonds. The molecule has 2 aromatic rings. The zero-order chi connectivity index (χ0) is 20.3. The first-order valence-corrected chi connectivity index (χ1v) is 10.1. The van der Waals surface area contributed by atoms with Crippen LogP contribution in [0.5, 0.6) is 0 Å². The number of rotatable bonds is 5. The molecular formula is C21H23BrN2O4. The molecule has 1 heterocycles. The summed E-state index contributed by atoms with van der Waals surface area (Å²) in [5.74, 6) is 0.410. The van der Waals surface area contributed by atoms with E-state index in [9.17, 15) is 14.9 Å². The number of hydrogen-bond acceptors (Lipinski definition) is 4. The fourth-order valence-corrected chi connectivity index (χ4v) is 4.32. The highest BCUT2D eigenvalue weighted by Crippen LogP contribution is 2.41. The number of aryl methyl sites for hydroxylation is 1. The summed E-state index contributed by atoms with van der Waals surface area (Å²) < 4.78 is 6.14. The number of hydrogen-bond donors (Lipinski definition) is 0. The molecule has 28 heavy (non-hydrogen) atoms. The fourth-order valence-electron chi connectivity index (χ4n) is 3.64. The van der Waals surface area contributed by atoms with E-state index in [-0.39, 0.29) is 18.3 Å². The third-order valence-corrected chi connectivity index (χ3v) is 5.44. The van der Waals surface area contributed by atoms with Gasteiger partial charge in [0.1, 0.15) is 6.61 Å². The maximum absolute atomic E-state index is 13.0. The molecule has 0 aromatic heterocycles. The molecule has 148 valence electrons. The lowest BCUT2D eigenvalue weighted by Crippen LogP contribution is -2.45. The van der Waals surface area contributed by atoms with Crippen molar-refractivity contribution in [2.75, 3.05) is 4.90 Å². The third-order valence-electron chi connectivity index (χ3n) is 4.84. The van der Waals surface area contributed by atoms with Crippen molar-refractivity contribution in [3.05, 3.63) is 68.2 Å². The zero-order valence-corrected chi connectivity index (χ0v) is 17.5. The standard InChI is InChI=1S/C21H23BrN2O4/c1-14(2)10-17-9-8-16-11-18(24(26)27)12-19(22)20(16)23(17)21(25)28-13-15-6-4-3-5-7-15/h3-7,11-12,14,17H,8-10,13H2,1-2H3. The number of halogens is 1. The number of nitro groups is 1. The lowest BCUT2D eigenvalue weighted by molar-refractivity contribution is -0.385. The number of non-ortho nitro benzene ring substituents is 1. The summed E-state index contributed by atoms with van der Waals surface area (Å²) in [7, 11) is 0. The highest BCUT2D eigenvalue weighted by molar-refractivity contribution is 9.10. The van der Waals surface area contributed by atoms with E-state index in [1.54, 1.807) is 11.0 Å². The van der Waals surface area contributed by atoms with Crippen molar-refractivity contribution < 1.29 is 14.5 Å². The topological polar surface area (TPSA) is 72.7 Å². The molecule has 0 bridgehead atoms. The number of nitro benzene ring substituents is 1. The molecule has 0 saturated heterocycles. The summed E-state index contributed by atoms with van der Waals surface area (Å²) in [5, 5.41) is 11.2. The van der Waals surface area contributed by atoms with Crippen molar-refractivity contribution in [1.29, 1.82) is 0 Å². The van der Waals surface area contributed by atoms with E-state index >= 15 is 0 Å². The van der Waals surface area contributed by atoms with E-state index in [1.807, 2.05) is 30.3 Å². The van der Waals surface area contributed by atoms with Gasteiger partial charge in [-0.05, 0) is 52.2 Å². The Balaban J connectivity index is 1.92. The number of ether oxygens (including phenoxy) is 1. The highest BCUT2D eigenvalue weighted by Gasteiger charge is 2.35. The van der Waals surface area contributed by atoms with Gasteiger partial charge in [-0.25, -0.2) is 4.79 Å². The molecule has 3 rings (SSSR count). The Morgan fingerprint density at radius 3 is 2.68 bits per heavy atom. The first-order chi connectivity index (χ1) is 13.4. The SMILES string of the molecule is CC(C)CC1CCc2cc([N+](=O)[O-])cc(Br)c2N1C(=O)OCc1ccccc1. The van der Waals surface area contributed by atoms with Gasteiger partial charge in [-0.2, -0.15) is 0 Å². The third kappa shape index (κ3) is 4.52. The van der Waals surface area contributed by atoms with Crippen LogP contribution >= 0.6 is 15.9 Å². The lowest BCUT2D eigenvalue weighted by atomic mass is 9.90. The molecule has 0 fully saturated rings. The Labute approximate surface area is 172 Å². The average molecular weight is 447 g/mol. The minimum atomic E-state index is -0.426. The van der Waals surface area contributed by atoms with E-state index in [0.29, 0.717) is 22.5 Å². The molecule has 0 saturated carbocycles. The van der Waals surface area contributed by atoms with Crippen molar-refractivity contribution in [3.63, 3.8) is 0 Å². The van der Waals surface area contributed by atoms with Crippen LogP contribution in [0, 0.1) is 16.0 Å². The van der Waals surface area contributed by atoms with Crippen LogP contribution in [0.15, 0.2) is 46.9 Å². The van der Waals surface area contributed by atoms with Gasteiger partial charge in [0.25, 0.3) is 5.69 Å². The number of anilines is 1. The van der Waals surface area contributed by atoms with Crippen LogP contribution in [0.2, 0.25) is 0 Å². The second-order valence-electron chi connectivity index (χ2n) is 7.42. The normalized spacial score (nSPS) is 16.0. The molecule has 6 nitrogen and oxygen atoms in total. The summed E-state index contributed by atoms with van der Waals surface area (Å²) in [4.78, 5) is 25.5. The van der Waals surface area contributed by atoms with Crippen molar-refractivity contribution in [3.8, 4) is 0 Å². The van der Waals surface area contributed by atoms with Gasteiger partial charge in [-0.1, -0.05) is 44.2 Å². The van der Waals surface area contributed by atoms with Crippen molar-refractivity contribution >= 4 is 33.4 Å². The van der Waals surface area contributed by atoms with Crippen molar-refractivity contribution in [2.24, 2.45) is 5.92 Å². The second-order valence-corrected chi connectivity index (χ2v) is 8.28. The van der Waals surface area contributed by atoms with Crippen LogP contribution in [-0.4, -0.2) is 17.1 Å². The Kier molecular flexibility index (Phi) is 6.34. The molecule has 0 N–H and O–H groups in total. The van der Waals surface area contributed by atoms with Gasteiger partial charge in [0.15, 0.2) is 0 Å². The van der Waals surface area contributed by atoms with E-state index in [0.717, 1.165) is 24.0 Å². The highest BCUT2D eigenvalue weighted by atomic mass is 79.9. The summed E-state index contributed by atoms with van der Waals surface area (Å²) in [6.07, 6.45) is 1.85. The Morgan fingerprint density at radius 2 is 2.04 bits per heavy atom. The maximum Gasteiger partial charge on any atom is 0.414 e. The molecule has 2 aromatic carbocycles. The van der Waals surface area contributed by atoms with Gasteiger partial charge in [0.05, 0.1) is 10.6 Å². The van der Waals surface area contributed by atoms with E-state index < -0.39 is 11.0 Å². The van der Waals surface area contributed by atoms with Crippen LogP contribution < -0.4 is 4.90 Å². The first kappa shape index (κ1) is 20.3. The number of amides is 1. The lowest BCUT2D eigenvalue weighted by Gasteiger charge is -2.38. The average Bonchev–Trinajstić information content (AvgIpc) is 2.66. The molecule has 7 heteroatoms. The Morgan fingerprint density at radius 1 is 1.32 bits per heavy atom. The minimum absolute atomic E-state index is 0.00599. The smallest absolute Gasteiger partial charge is 0.414 e. The molecular weight excluding hydrogens is 424 g/mol. The second kappa shape index (κ2) is 8.73. The predicted octanol–water partition coefficient (Wildman–Crippen LogP) is 5.86. The van der Waals surface area contributed by atoms with Crippen LogP contribution in [0.25, 0.3) is 0 Å². The number of fused-ring (bicyclic) bond motifs is 1. The summed E-state index contributed by atoms with van der Waals surface area (Å²) in [6, 6.07) is 12.5. The monoisotopic (exact) mass is 446 g/mol. The summed E-state index contributed by atoms with van der Waals surface area (Å²) in [5.41, 5.74) is 2.40. The summed E-state index contributed by atoms with van der Waals surface area (Å²) >= 11 is 3.45. The van der Waals surface area contributed by atoms with Gasteiger partial charge >= 0.3 is 6.09 Å². The molecule has 1 aliphatic rings. The van der Waals surface area contributed by atoms with Gasteiger partial charge in [-0.3, -0.25) is 15.0 Å². The number of carbonyl (C=O) groups excluding carboxylic acids is 1. The van der Waals surface area contributed by atoms with Crippen molar-refractivity contribution in [2.45, 2.75) is 45.8 Å². The van der Waals surface area contributed by atoms with Gasteiger partial charge < -0.3 is 4.74 Å². The van der Waals surface area contributed by atoms with Crippen LogP contribution in [0.1, 0.15) is 37.8 Å². The Hall–Kier alpha value is -2.41. The number of carbonyl (C=O) groups is 1. The van der Waals surface area contributed by atoms with Crippen LogP contribution in [0.3, 0.4) is 0 Å².